The van der Waals surface area contributed by atoms with E-state index in [9.17, 15) is 14.9 Å². The number of alkyl carbamates (subject to hydrolysis) is 1. The van der Waals surface area contributed by atoms with Crippen LogP contribution in [0.25, 0.3) is 11.1 Å². The first-order valence-electron chi connectivity index (χ1n) is 12.3. The quantitative estimate of drug-likeness (QED) is 0.276. The maximum atomic E-state index is 12.3. The van der Waals surface area contributed by atoms with Crippen LogP contribution in [0.2, 0.25) is 0 Å². The van der Waals surface area contributed by atoms with E-state index in [1.807, 2.05) is 75.9 Å². The van der Waals surface area contributed by atoms with E-state index in [-0.39, 0.29) is 18.4 Å². The standard InChI is InChI=1S/C29H37N3O3S/c1-6-36-26-17-15-24(16-18-26)23-13-11-22(12-14-23)19-25(20-30)32-27(33)10-8-7-9-21(2)31-28(34)35-29(3,4)5/h7,9,11-18,21,25H,6,8,10,19H2,1-5H3,(H,31,34)(H,32,33)/b9-7-/t21-,25?/m0/s1. The highest BCUT2D eigenvalue weighted by molar-refractivity contribution is 7.99. The van der Waals surface area contributed by atoms with Gasteiger partial charge in [-0.3, -0.25) is 4.79 Å². The fourth-order valence-corrected chi connectivity index (χ4v) is 4.09. The first-order chi connectivity index (χ1) is 17.1. The number of allylic oxidation sites excluding steroid dienone is 1. The van der Waals surface area contributed by atoms with Gasteiger partial charge >= 0.3 is 6.09 Å². The summed E-state index contributed by atoms with van der Waals surface area (Å²) < 4.78 is 5.22. The average Bonchev–Trinajstić information content (AvgIpc) is 2.81. The molecule has 0 saturated heterocycles. The van der Waals surface area contributed by atoms with Gasteiger partial charge in [0.25, 0.3) is 0 Å². The third-order valence-electron chi connectivity index (χ3n) is 5.09. The van der Waals surface area contributed by atoms with Crippen LogP contribution < -0.4 is 10.6 Å². The van der Waals surface area contributed by atoms with Crippen LogP contribution in [-0.4, -0.2) is 35.4 Å². The summed E-state index contributed by atoms with van der Waals surface area (Å²) in [6.07, 6.45) is 4.40. The minimum Gasteiger partial charge on any atom is -0.444 e. The first kappa shape index (κ1) is 29.0. The van der Waals surface area contributed by atoms with E-state index in [1.54, 1.807) is 0 Å². The molecular formula is C29H37N3O3S. The number of hydrogen-bond donors (Lipinski definition) is 2. The van der Waals surface area contributed by atoms with Gasteiger partial charge in [-0.05, 0) is 68.7 Å². The maximum Gasteiger partial charge on any atom is 0.408 e. The predicted octanol–water partition coefficient (Wildman–Crippen LogP) is 6.27. The molecule has 2 amide bonds. The molecule has 0 fully saturated rings. The fourth-order valence-electron chi connectivity index (χ4n) is 3.43. The average molecular weight is 508 g/mol. The lowest BCUT2D eigenvalue weighted by Gasteiger charge is -2.21. The summed E-state index contributed by atoms with van der Waals surface area (Å²) in [5.74, 6) is 0.869. The number of nitrogens with zero attached hydrogens (tertiary/aromatic N) is 1. The summed E-state index contributed by atoms with van der Waals surface area (Å²) in [5, 5.41) is 15.0. The number of carbonyl (C=O) groups excluding carboxylic acids is 2. The molecule has 6 nitrogen and oxygen atoms in total. The second kappa shape index (κ2) is 14.4. The molecular weight excluding hydrogens is 470 g/mol. The molecule has 0 bridgehead atoms. The number of amides is 2. The Balaban J connectivity index is 1.78. The number of nitriles is 1. The highest BCUT2D eigenvalue weighted by Gasteiger charge is 2.17. The molecule has 2 aromatic rings. The Morgan fingerprint density at radius 3 is 2.22 bits per heavy atom. The molecule has 0 aliphatic rings. The number of carbonyl (C=O) groups is 2. The van der Waals surface area contributed by atoms with Gasteiger partial charge in [0.05, 0.1) is 6.07 Å². The van der Waals surface area contributed by atoms with Gasteiger partial charge in [0.1, 0.15) is 11.6 Å². The first-order valence-corrected chi connectivity index (χ1v) is 13.3. The molecule has 2 rings (SSSR count). The summed E-state index contributed by atoms with van der Waals surface area (Å²) in [6.45, 7) is 9.39. The van der Waals surface area contributed by atoms with Crippen LogP contribution in [0.3, 0.4) is 0 Å². The second-order valence-corrected chi connectivity index (χ2v) is 10.8. The van der Waals surface area contributed by atoms with Gasteiger partial charge in [0.2, 0.25) is 5.91 Å². The monoisotopic (exact) mass is 507 g/mol. The van der Waals surface area contributed by atoms with Crippen molar-refractivity contribution in [2.75, 3.05) is 5.75 Å². The molecule has 2 atom stereocenters. The van der Waals surface area contributed by atoms with Gasteiger partial charge < -0.3 is 15.4 Å². The number of nitrogens with one attached hydrogen (secondary N) is 2. The maximum absolute atomic E-state index is 12.3. The Morgan fingerprint density at radius 2 is 1.67 bits per heavy atom. The van der Waals surface area contributed by atoms with Gasteiger partial charge in [0, 0.05) is 23.8 Å². The number of thioether (sulfide) groups is 1. The van der Waals surface area contributed by atoms with Gasteiger partial charge in [0.15, 0.2) is 0 Å². The largest absolute Gasteiger partial charge is 0.444 e. The zero-order valence-electron chi connectivity index (χ0n) is 21.8. The van der Waals surface area contributed by atoms with E-state index >= 15 is 0 Å². The normalized spacial score (nSPS) is 13.0. The summed E-state index contributed by atoms with van der Waals surface area (Å²) in [6, 6.07) is 18.0. The molecule has 0 aliphatic heterocycles. The molecule has 192 valence electrons. The zero-order valence-corrected chi connectivity index (χ0v) is 22.7. The van der Waals surface area contributed by atoms with Crippen molar-refractivity contribution in [2.24, 2.45) is 0 Å². The van der Waals surface area contributed by atoms with Crippen LogP contribution in [0.15, 0.2) is 65.6 Å². The van der Waals surface area contributed by atoms with E-state index < -0.39 is 17.7 Å². The zero-order chi connectivity index (χ0) is 26.6. The molecule has 2 aromatic carbocycles. The number of ether oxygens (including phenoxy) is 1. The third-order valence-corrected chi connectivity index (χ3v) is 5.98. The molecule has 0 saturated carbocycles. The Morgan fingerprint density at radius 1 is 1.06 bits per heavy atom. The summed E-state index contributed by atoms with van der Waals surface area (Å²) in [5.41, 5.74) is 2.71. The summed E-state index contributed by atoms with van der Waals surface area (Å²) >= 11 is 1.82. The summed E-state index contributed by atoms with van der Waals surface area (Å²) in [4.78, 5) is 25.3. The van der Waals surface area contributed by atoms with Gasteiger partial charge in [-0.25, -0.2) is 4.79 Å². The lowest BCUT2D eigenvalue weighted by Crippen LogP contribution is -2.36. The number of rotatable bonds is 11. The predicted molar refractivity (Wildman–Crippen MR) is 147 cm³/mol. The molecule has 2 N–H and O–H groups in total. The lowest BCUT2D eigenvalue weighted by molar-refractivity contribution is -0.121. The van der Waals surface area contributed by atoms with Crippen LogP contribution in [0.5, 0.6) is 0 Å². The third kappa shape index (κ3) is 11.0. The van der Waals surface area contributed by atoms with Crippen molar-refractivity contribution in [1.29, 1.82) is 5.26 Å². The van der Waals surface area contributed by atoms with Crippen molar-refractivity contribution < 1.29 is 14.3 Å². The van der Waals surface area contributed by atoms with E-state index in [4.69, 9.17) is 4.74 Å². The van der Waals surface area contributed by atoms with E-state index in [2.05, 4.69) is 47.9 Å². The Hall–Kier alpha value is -3.24. The minimum absolute atomic E-state index is 0.180. The highest BCUT2D eigenvalue weighted by atomic mass is 32.2. The molecule has 0 aliphatic carbocycles. The van der Waals surface area contributed by atoms with Crippen molar-refractivity contribution in [3.63, 3.8) is 0 Å². The molecule has 0 radical (unpaired) electrons. The van der Waals surface area contributed by atoms with Crippen LogP contribution in [0.1, 0.15) is 53.0 Å². The van der Waals surface area contributed by atoms with Crippen molar-refractivity contribution in [1.82, 2.24) is 10.6 Å². The molecule has 0 spiro atoms. The van der Waals surface area contributed by atoms with Crippen LogP contribution in [-0.2, 0) is 16.0 Å². The van der Waals surface area contributed by atoms with Gasteiger partial charge in [-0.2, -0.15) is 5.26 Å². The summed E-state index contributed by atoms with van der Waals surface area (Å²) in [7, 11) is 0. The van der Waals surface area contributed by atoms with Crippen LogP contribution >= 0.6 is 11.8 Å². The van der Waals surface area contributed by atoms with E-state index in [1.165, 1.54) is 4.90 Å². The second-order valence-electron chi connectivity index (χ2n) is 9.51. The van der Waals surface area contributed by atoms with Gasteiger partial charge in [-0.1, -0.05) is 55.5 Å². The van der Waals surface area contributed by atoms with Crippen molar-refractivity contribution in [2.45, 2.75) is 76.5 Å². The van der Waals surface area contributed by atoms with Crippen molar-refractivity contribution in [3.8, 4) is 17.2 Å². The molecule has 0 aromatic heterocycles. The number of benzene rings is 2. The number of hydrogen-bond acceptors (Lipinski definition) is 5. The Labute approximate surface area is 219 Å². The Bertz CT molecular complexity index is 1050. The Kier molecular flexibility index (Phi) is 11.6. The minimum atomic E-state index is -0.592. The van der Waals surface area contributed by atoms with Crippen molar-refractivity contribution >= 4 is 23.8 Å². The molecule has 1 unspecified atom stereocenters. The SMILES string of the molecule is CCSc1ccc(-c2ccc(CC(C#N)NC(=O)CC/C=C\[C@H](C)NC(=O)OC(C)(C)C)cc2)cc1. The molecule has 36 heavy (non-hydrogen) atoms. The lowest BCUT2D eigenvalue weighted by atomic mass is 10.0. The van der Waals surface area contributed by atoms with Crippen molar-refractivity contribution in [3.05, 3.63) is 66.2 Å². The van der Waals surface area contributed by atoms with Gasteiger partial charge in [-0.15, -0.1) is 11.8 Å². The highest BCUT2D eigenvalue weighted by Crippen LogP contribution is 2.24. The fraction of sp³-hybridized carbons (Fsp3) is 0.414. The van der Waals surface area contributed by atoms with E-state index in [0.717, 1.165) is 22.4 Å². The van der Waals surface area contributed by atoms with Crippen LogP contribution in [0.4, 0.5) is 4.79 Å². The molecule has 7 heteroatoms. The smallest absolute Gasteiger partial charge is 0.408 e. The van der Waals surface area contributed by atoms with E-state index in [0.29, 0.717) is 12.8 Å². The molecule has 0 heterocycles. The van der Waals surface area contributed by atoms with Crippen LogP contribution in [0, 0.1) is 11.3 Å². The topological polar surface area (TPSA) is 91.2 Å².